The minimum Gasteiger partial charge on any atom is -0.310 e. The van der Waals surface area contributed by atoms with Gasteiger partial charge in [-0.3, -0.25) is 0 Å². The Morgan fingerprint density at radius 1 is 0.274 bits per heavy atom. The zero-order valence-corrected chi connectivity index (χ0v) is 34.7. The molecule has 0 radical (unpaired) electrons. The molecule has 2 heteroatoms. The first-order valence-electron chi connectivity index (χ1n) is 21.3. The molecule has 0 amide bonds. The number of thiophene rings is 1. The molecule has 0 atom stereocenters. The van der Waals surface area contributed by atoms with Crippen molar-refractivity contribution in [2.75, 3.05) is 4.90 Å². The summed E-state index contributed by atoms with van der Waals surface area (Å²) >= 11 is 1.88. The first-order valence-corrected chi connectivity index (χ1v) is 22.1. The molecule has 0 fully saturated rings. The Hall–Kier alpha value is -7.78. The largest absolute Gasteiger partial charge is 0.310 e. The Morgan fingerprint density at radius 3 is 1.50 bits per heavy atom. The predicted octanol–water partition coefficient (Wildman–Crippen LogP) is 17.7. The summed E-state index contributed by atoms with van der Waals surface area (Å²) in [5.41, 5.74) is 13.0. The van der Waals surface area contributed by atoms with E-state index in [-0.39, 0.29) is 0 Å². The fraction of sp³-hybridized carbons (Fsp3) is 0. The number of hydrogen-bond acceptors (Lipinski definition) is 2. The molecule has 11 aromatic carbocycles. The van der Waals surface area contributed by atoms with Crippen molar-refractivity contribution >= 4 is 80.9 Å². The average Bonchev–Trinajstić information content (AvgIpc) is 3.73. The molecule has 1 heterocycles. The second-order valence-corrected chi connectivity index (χ2v) is 17.1. The standard InChI is InChI=1S/C60H39NS/c1-3-18-41(19-4-1)58-54-30-10-9-28-51(54)52-36-35-47(39-56(52)59(58)42-20-5-2-6-21-42)61(45-25-13-23-43(37-45)49-31-15-22-40-17-7-8-27-48(40)49)46-26-14-24-44(38-46)50-32-16-33-55-53-29-11-12-34-57(53)62-60(50)55/h1-39H. The van der Waals surface area contributed by atoms with Crippen molar-refractivity contribution in [3.8, 4) is 44.5 Å². The Morgan fingerprint density at radius 2 is 0.758 bits per heavy atom. The topological polar surface area (TPSA) is 3.24 Å². The molecule has 0 aliphatic carbocycles. The minimum absolute atomic E-state index is 1.09. The Bertz CT molecular complexity index is 3630. The number of hydrogen-bond donors (Lipinski definition) is 0. The van der Waals surface area contributed by atoms with E-state index in [4.69, 9.17) is 0 Å². The molecule has 12 rings (SSSR count). The summed E-state index contributed by atoms with van der Waals surface area (Å²) in [5.74, 6) is 0. The molecule has 290 valence electrons. The van der Waals surface area contributed by atoms with Crippen molar-refractivity contribution in [1.29, 1.82) is 0 Å². The van der Waals surface area contributed by atoms with E-state index in [9.17, 15) is 0 Å². The van der Waals surface area contributed by atoms with Crippen molar-refractivity contribution in [2.24, 2.45) is 0 Å². The average molecular weight is 806 g/mol. The molecule has 0 bridgehead atoms. The zero-order chi connectivity index (χ0) is 41.0. The van der Waals surface area contributed by atoms with Gasteiger partial charge >= 0.3 is 0 Å². The van der Waals surface area contributed by atoms with Crippen LogP contribution in [0.4, 0.5) is 17.1 Å². The monoisotopic (exact) mass is 805 g/mol. The SMILES string of the molecule is c1ccc(-c2c(-c3ccccc3)c3cc(N(c4cccc(-c5cccc6ccccc56)c4)c4cccc(-c5cccc6c5sc5ccccc56)c4)ccc3c3ccccc23)cc1. The minimum atomic E-state index is 1.09. The van der Waals surface area contributed by atoms with E-state index in [0.29, 0.717) is 0 Å². The predicted molar refractivity (Wildman–Crippen MR) is 268 cm³/mol. The molecule has 0 saturated heterocycles. The Kier molecular flexibility index (Phi) is 8.76. The third kappa shape index (κ3) is 6.07. The van der Waals surface area contributed by atoms with Crippen LogP contribution in [0.5, 0.6) is 0 Å². The summed E-state index contributed by atoms with van der Waals surface area (Å²) in [7, 11) is 0. The molecule has 12 aromatic rings. The maximum atomic E-state index is 2.45. The van der Waals surface area contributed by atoms with Gasteiger partial charge in [-0.05, 0) is 119 Å². The summed E-state index contributed by atoms with van der Waals surface area (Å²) in [4.78, 5) is 2.45. The maximum absolute atomic E-state index is 2.45. The van der Waals surface area contributed by atoms with Gasteiger partial charge in [0.2, 0.25) is 0 Å². The van der Waals surface area contributed by atoms with Crippen LogP contribution in [0, 0.1) is 0 Å². The summed E-state index contributed by atoms with van der Waals surface area (Å²) in [6.07, 6.45) is 0. The van der Waals surface area contributed by atoms with Crippen LogP contribution in [0.25, 0.3) is 97.0 Å². The van der Waals surface area contributed by atoms with Gasteiger partial charge < -0.3 is 4.90 Å². The zero-order valence-electron chi connectivity index (χ0n) is 33.9. The van der Waals surface area contributed by atoms with Crippen LogP contribution in [0.15, 0.2) is 237 Å². The lowest BCUT2D eigenvalue weighted by atomic mass is 9.85. The van der Waals surface area contributed by atoms with Gasteiger partial charge in [0, 0.05) is 37.2 Å². The molecular weight excluding hydrogens is 767 g/mol. The fourth-order valence-electron chi connectivity index (χ4n) is 9.65. The van der Waals surface area contributed by atoms with Crippen LogP contribution >= 0.6 is 11.3 Å². The van der Waals surface area contributed by atoms with Crippen molar-refractivity contribution in [3.63, 3.8) is 0 Å². The third-order valence-corrected chi connectivity index (χ3v) is 13.6. The first-order chi connectivity index (χ1) is 30.8. The lowest BCUT2D eigenvalue weighted by Gasteiger charge is -2.28. The van der Waals surface area contributed by atoms with Gasteiger partial charge in [0.15, 0.2) is 0 Å². The van der Waals surface area contributed by atoms with E-state index in [0.717, 1.165) is 17.1 Å². The first kappa shape index (κ1) is 36.1. The molecule has 0 aliphatic heterocycles. The van der Waals surface area contributed by atoms with Gasteiger partial charge in [-0.15, -0.1) is 11.3 Å². The highest BCUT2D eigenvalue weighted by Crippen LogP contribution is 2.48. The van der Waals surface area contributed by atoms with E-state index >= 15 is 0 Å². The molecular formula is C60H39NS. The van der Waals surface area contributed by atoms with Crippen molar-refractivity contribution < 1.29 is 0 Å². The number of anilines is 3. The number of benzene rings is 11. The number of nitrogens with zero attached hydrogens (tertiary/aromatic N) is 1. The van der Waals surface area contributed by atoms with Crippen molar-refractivity contribution in [2.45, 2.75) is 0 Å². The van der Waals surface area contributed by atoms with Gasteiger partial charge in [0.25, 0.3) is 0 Å². The highest BCUT2D eigenvalue weighted by molar-refractivity contribution is 7.26. The van der Waals surface area contributed by atoms with E-state index < -0.39 is 0 Å². The molecule has 1 nitrogen and oxygen atoms in total. The lowest BCUT2D eigenvalue weighted by molar-refractivity contribution is 1.29. The number of rotatable bonds is 7. The third-order valence-electron chi connectivity index (χ3n) is 12.4. The molecule has 0 spiro atoms. The van der Waals surface area contributed by atoms with Gasteiger partial charge in [-0.2, -0.15) is 0 Å². The Balaban J connectivity index is 1.13. The fourth-order valence-corrected chi connectivity index (χ4v) is 10.9. The lowest BCUT2D eigenvalue weighted by Crippen LogP contribution is -2.10. The molecule has 0 unspecified atom stereocenters. The summed E-state index contributed by atoms with van der Waals surface area (Å²) < 4.78 is 2.62. The Labute approximate surface area is 365 Å². The summed E-state index contributed by atoms with van der Waals surface area (Å²) in [5, 5.41) is 10.0. The van der Waals surface area contributed by atoms with Gasteiger partial charge in [0.05, 0.1) is 0 Å². The van der Waals surface area contributed by atoms with Crippen LogP contribution < -0.4 is 4.90 Å². The maximum Gasteiger partial charge on any atom is 0.0468 e. The van der Waals surface area contributed by atoms with Crippen molar-refractivity contribution in [3.05, 3.63) is 237 Å². The second-order valence-electron chi connectivity index (χ2n) is 16.0. The van der Waals surface area contributed by atoms with E-state index in [1.54, 1.807) is 0 Å². The second kappa shape index (κ2) is 15.0. The molecule has 0 saturated carbocycles. The number of fused-ring (bicyclic) bond motifs is 7. The van der Waals surface area contributed by atoms with E-state index in [1.807, 2.05) is 11.3 Å². The summed E-state index contributed by atoms with van der Waals surface area (Å²) in [6.45, 7) is 0. The smallest absolute Gasteiger partial charge is 0.0468 e. The van der Waals surface area contributed by atoms with Gasteiger partial charge in [-0.25, -0.2) is 0 Å². The van der Waals surface area contributed by atoms with Gasteiger partial charge in [0.1, 0.15) is 0 Å². The van der Waals surface area contributed by atoms with Crippen LogP contribution in [-0.4, -0.2) is 0 Å². The van der Waals surface area contributed by atoms with Crippen LogP contribution in [-0.2, 0) is 0 Å². The molecule has 62 heavy (non-hydrogen) atoms. The van der Waals surface area contributed by atoms with E-state index in [2.05, 4.69) is 241 Å². The quantitative estimate of drug-likeness (QED) is 0.145. The molecule has 0 N–H and O–H groups in total. The van der Waals surface area contributed by atoms with Crippen LogP contribution in [0.1, 0.15) is 0 Å². The van der Waals surface area contributed by atoms with Gasteiger partial charge in [-0.1, -0.05) is 194 Å². The molecule has 0 aliphatic rings. The highest BCUT2D eigenvalue weighted by Gasteiger charge is 2.21. The highest BCUT2D eigenvalue weighted by atomic mass is 32.1. The molecule has 1 aromatic heterocycles. The van der Waals surface area contributed by atoms with Crippen LogP contribution in [0.2, 0.25) is 0 Å². The van der Waals surface area contributed by atoms with Crippen molar-refractivity contribution in [1.82, 2.24) is 0 Å². The van der Waals surface area contributed by atoms with E-state index in [1.165, 1.54) is 97.0 Å². The summed E-state index contributed by atoms with van der Waals surface area (Å²) in [6, 6.07) is 86.8. The van der Waals surface area contributed by atoms with Crippen LogP contribution in [0.3, 0.4) is 0 Å². The normalized spacial score (nSPS) is 11.5.